The van der Waals surface area contributed by atoms with Crippen LogP contribution >= 0.6 is 0 Å². The lowest BCUT2D eigenvalue weighted by Crippen LogP contribution is -2.49. The molecule has 4 rings (SSSR count). The molecule has 2 heterocycles. The van der Waals surface area contributed by atoms with Crippen molar-refractivity contribution in [3.63, 3.8) is 0 Å². The molecule has 0 atom stereocenters. The van der Waals surface area contributed by atoms with Crippen molar-refractivity contribution < 1.29 is 9.53 Å². The van der Waals surface area contributed by atoms with Gasteiger partial charge in [0.05, 0.1) is 13.2 Å². The Morgan fingerprint density at radius 1 is 1.07 bits per heavy atom. The van der Waals surface area contributed by atoms with Crippen LogP contribution < -0.4 is 15.0 Å². The molecule has 0 unspecified atom stereocenters. The van der Waals surface area contributed by atoms with Crippen molar-refractivity contribution in [3.05, 3.63) is 41.3 Å². The van der Waals surface area contributed by atoms with Gasteiger partial charge in [-0.3, -0.25) is 9.69 Å². The normalized spacial score (nSPS) is 16.8. The van der Waals surface area contributed by atoms with E-state index in [1.807, 2.05) is 38.1 Å². The van der Waals surface area contributed by atoms with Crippen molar-refractivity contribution in [2.45, 2.75) is 39.5 Å². The van der Waals surface area contributed by atoms with Crippen molar-refractivity contribution in [3.8, 4) is 5.75 Å². The van der Waals surface area contributed by atoms with Crippen molar-refractivity contribution in [2.24, 2.45) is 0 Å². The minimum atomic E-state index is 0.0165. The molecule has 30 heavy (non-hydrogen) atoms. The second-order valence-electron chi connectivity index (χ2n) is 8.00. The molecule has 1 aliphatic heterocycles. The highest BCUT2D eigenvalue weighted by atomic mass is 16.5. The van der Waals surface area contributed by atoms with Crippen molar-refractivity contribution in [1.29, 1.82) is 0 Å². The number of carbonyl (C=O) groups excluding carboxylic acids is 1. The van der Waals surface area contributed by atoms with Crippen LogP contribution in [0.1, 0.15) is 36.8 Å². The zero-order valence-corrected chi connectivity index (χ0v) is 18.0. The van der Waals surface area contributed by atoms with Gasteiger partial charge < -0.3 is 15.0 Å². The maximum atomic E-state index is 12.5. The maximum Gasteiger partial charge on any atom is 0.238 e. The number of nitrogens with one attached hydrogen (secondary N) is 1. The first kappa shape index (κ1) is 20.6. The molecule has 0 saturated carbocycles. The lowest BCUT2D eigenvalue weighted by Gasteiger charge is -2.36. The minimum absolute atomic E-state index is 0.0165. The zero-order chi connectivity index (χ0) is 20.9. The number of benzene rings is 1. The van der Waals surface area contributed by atoms with Crippen molar-refractivity contribution in [2.75, 3.05) is 49.5 Å². The van der Waals surface area contributed by atoms with Gasteiger partial charge in [-0.05, 0) is 63.8 Å². The highest BCUT2D eigenvalue weighted by Crippen LogP contribution is 2.28. The summed E-state index contributed by atoms with van der Waals surface area (Å²) < 4.78 is 5.44. The van der Waals surface area contributed by atoms with Crippen LogP contribution in [0.25, 0.3) is 0 Å². The molecule has 160 valence electrons. The van der Waals surface area contributed by atoms with Gasteiger partial charge in [0.25, 0.3) is 0 Å². The molecule has 0 radical (unpaired) electrons. The van der Waals surface area contributed by atoms with E-state index in [2.05, 4.69) is 20.1 Å². The molecule has 0 bridgehead atoms. The predicted octanol–water partition coefficient (Wildman–Crippen LogP) is 2.82. The van der Waals surface area contributed by atoms with E-state index >= 15 is 0 Å². The average molecular weight is 410 g/mol. The van der Waals surface area contributed by atoms with Crippen LogP contribution in [0, 0.1) is 6.92 Å². The molecule has 0 spiro atoms. The first-order valence-corrected chi connectivity index (χ1v) is 11.0. The summed E-state index contributed by atoms with van der Waals surface area (Å²) in [6.07, 6.45) is 4.59. The Morgan fingerprint density at radius 3 is 2.53 bits per heavy atom. The van der Waals surface area contributed by atoms with Crippen LogP contribution in [0.5, 0.6) is 5.75 Å². The fraction of sp³-hybridized carbons (Fsp3) is 0.522. The summed E-state index contributed by atoms with van der Waals surface area (Å²) in [6, 6.07) is 7.51. The molecule has 1 fully saturated rings. The van der Waals surface area contributed by atoms with Crippen LogP contribution in [0.4, 0.5) is 11.5 Å². The summed E-state index contributed by atoms with van der Waals surface area (Å²) in [6.45, 7) is 8.47. The van der Waals surface area contributed by atoms with E-state index in [4.69, 9.17) is 9.72 Å². The number of nitrogens with zero attached hydrogens (tertiary/aromatic N) is 4. The topological polar surface area (TPSA) is 70.6 Å². The fourth-order valence-electron chi connectivity index (χ4n) is 4.28. The number of carbonyl (C=O) groups is 1. The Morgan fingerprint density at radius 2 is 1.80 bits per heavy atom. The Hall–Kier alpha value is -2.67. The average Bonchev–Trinajstić information content (AvgIpc) is 2.75. The first-order chi connectivity index (χ1) is 14.6. The van der Waals surface area contributed by atoms with Gasteiger partial charge in [0.2, 0.25) is 5.91 Å². The van der Waals surface area contributed by atoms with E-state index < -0.39 is 0 Å². The lowest BCUT2D eigenvalue weighted by atomic mass is 9.96. The number of aryl methyl sites for hydroxylation is 2. The molecule has 7 heteroatoms. The third-order valence-electron chi connectivity index (χ3n) is 5.76. The fourth-order valence-corrected chi connectivity index (χ4v) is 4.28. The maximum absolute atomic E-state index is 12.5. The second-order valence-corrected chi connectivity index (χ2v) is 8.00. The molecule has 1 aliphatic carbocycles. The van der Waals surface area contributed by atoms with Crippen molar-refractivity contribution >= 4 is 17.4 Å². The van der Waals surface area contributed by atoms with E-state index in [1.165, 1.54) is 24.1 Å². The molecule has 1 aromatic carbocycles. The second kappa shape index (κ2) is 9.43. The van der Waals surface area contributed by atoms with E-state index in [0.29, 0.717) is 13.2 Å². The molecular weight excluding hydrogens is 378 g/mol. The van der Waals surface area contributed by atoms with Crippen LogP contribution in [0.2, 0.25) is 0 Å². The summed E-state index contributed by atoms with van der Waals surface area (Å²) in [5.74, 6) is 2.81. The highest BCUT2D eigenvalue weighted by Gasteiger charge is 2.25. The molecule has 7 nitrogen and oxygen atoms in total. The smallest absolute Gasteiger partial charge is 0.238 e. The standard InChI is InChI=1S/C23H31N5O2/c1-3-30-19-10-8-18(9-11-19)26-22(29)16-27-12-14-28(15-13-27)23-20-6-4-5-7-21(20)24-17(2)25-23/h8-11H,3-7,12-16H2,1-2H3,(H,26,29). The number of piperazine rings is 1. The SMILES string of the molecule is CCOc1ccc(NC(=O)CN2CCN(c3nc(C)nc4c3CCCC4)CC2)cc1. The summed E-state index contributed by atoms with van der Waals surface area (Å²) >= 11 is 0. The number of fused-ring (bicyclic) bond motifs is 1. The Bertz CT molecular complexity index is 876. The number of hydrogen-bond donors (Lipinski definition) is 1. The van der Waals surface area contributed by atoms with Gasteiger partial charge >= 0.3 is 0 Å². The van der Waals surface area contributed by atoms with Gasteiger partial charge in [-0.1, -0.05) is 0 Å². The molecule has 1 aromatic heterocycles. The van der Waals surface area contributed by atoms with Gasteiger partial charge in [0, 0.05) is 43.1 Å². The van der Waals surface area contributed by atoms with Crippen molar-refractivity contribution in [1.82, 2.24) is 14.9 Å². The Balaban J connectivity index is 1.31. The predicted molar refractivity (Wildman–Crippen MR) is 118 cm³/mol. The van der Waals surface area contributed by atoms with Gasteiger partial charge in [-0.15, -0.1) is 0 Å². The van der Waals surface area contributed by atoms with Crippen LogP contribution in [-0.4, -0.2) is 60.1 Å². The molecular formula is C23H31N5O2. The summed E-state index contributed by atoms with van der Waals surface area (Å²) in [5, 5.41) is 2.98. The third kappa shape index (κ3) is 4.90. The largest absolute Gasteiger partial charge is 0.494 e. The molecule has 2 aromatic rings. The Labute approximate surface area is 178 Å². The summed E-state index contributed by atoms with van der Waals surface area (Å²) in [5.41, 5.74) is 3.37. The van der Waals surface area contributed by atoms with Gasteiger partial charge in [0.1, 0.15) is 17.4 Å². The molecule has 1 N–H and O–H groups in total. The van der Waals surface area contributed by atoms with Crippen LogP contribution in [-0.2, 0) is 17.6 Å². The van der Waals surface area contributed by atoms with Crippen LogP contribution in [0.15, 0.2) is 24.3 Å². The van der Waals surface area contributed by atoms with Gasteiger partial charge in [0.15, 0.2) is 0 Å². The number of rotatable bonds is 6. The van der Waals surface area contributed by atoms with Gasteiger partial charge in [-0.25, -0.2) is 9.97 Å². The number of anilines is 2. The molecule has 2 aliphatic rings. The minimum Gasteiger partial charge on any atom is -0.494 e. The van der Waals surface area contributed by atoms with E-state index in [-0.39, 0.29) is 5.91 Å². The molecule has 1 amide bonds. The zero-order valence-electron chi connectivity index (χ0n) is 18.0. The summed E-state index contributed by atoms with van der Waals surface area (Å²) in [4.78, 5) is 26.5. The van der Waals surface area contributed by atoms with Gasteiger partial charge in [-0.2, -0.15) is 0 Å². The molecule has 1 saturated heterocycles. The summed E-state index contributed by atoms with van der Waals surface area (Å²) in [7, 11) is 0. The monoisotopic (exact) mass is 409 g/mol. The van der Waals surface area contributed by atoms with E-state index in [1.54, 1.807) is 0 Å². The number of aromatic nitrogens is 2. The number of hydrogen-bond acceptors (Lipinski definition) is 6. The quantitative estimate of drug-likeness (QED) is 0.791. The first-order valence-electron chi connectivity index (χ1n) is 11.0. The lowest BCUT2D eigenvalue weighted by molar-refractivity contribution is -0.117. The van der Waals surface area contributed by atoms with E-state index in [0.717, 1.165) is 62.1 Å². The number of amides is 1. The number of ether oxygens (including phenoxy) is 1. The highest BCUT2D eigenvalue weighted by molar-refractivity contribution is 5.92. The van der Waals surface area contributed by atoms with Crippen LogP contribution in [0.3, 0.4) is 0 Å². The third-order valence-corrected chi connectivity index (χ3v) is 5.76. The Kier molecular flexibility index (Phi) is 6.47. The van der Waals surface area contributed by atoms with E-state index in [9.17, 15) is 4.79 Å².